The van der Waals surface area contributed by atoms with E-state index in [0.29, 0.717) is 38.7 Å². The molecule has 2 atom stereocenters. The van der Waals surface area contributed by atoms with Crippen molar-refractivity contribution < 1.29 is 33.6 Å². The highest BCUT2D eigenvalue weighted by atomic mass is 16.7. The van der Waals surface area contributed by atoms with Crippen LogP contribution in [-0.2, 0) is 18.9 Å². The molecule has 3 aromatic rings. The van der Waals surface area contributed by atoms with Crippen LogP contribution in [0.5, 0.6) is 0 Å². The molecular formula is C34H41NO7. The first-order valence-electron chi connectivity index (χ1n) is 14.7. The van der Waals surface area contributed by atoms with Crippen molar-refractivity contribution in [2.75, 3.05) is 37.9 Å². The molecule has 4 rings (SSSR count). The standard InChI is InChI=1S/C34H41NO7/c1-6-35-27-19-13-18-26(32(37)38)29(27)31(36)28(22-14-11-16-24(20-22)33(39-7-2)40-8-3)30(35)23-15-12-17-25(21-23)34(41-9-4)42-10-5/h11-21,28,30,33-34H,6-10H2,1-5H3,(H,37,38). The molecule has 0 spiro atoms. The molecule has 3 aromatic carbocycles. The molecule has 0 saturated heterocycles. The van der Waals surface area contributed by atoms with E-state index in [9.17, 15) is 14.7 Å². The van der Waals surface area contributed by atoms with Crippen molar-refractivity contribution in [3.05, 3.63) is 100 Å². The normalized spacial score (nSPS) is 16.7. The molecule has 0 fully saturated rings. The highest BCUT2D eigenvalue weighted by Gasteiger charge is 2.43. The van der Waals surface area contributed by atoms with Crippen LogP contribution >= 0.6 is 0 Å². The molecule has 0 saturated carbocycles. The number of rotatable bonds is 14. The first-order chi connectivity index (χ1) is 20.4. The lowest BCUT2D eigenvalue weighted by molar-refractivity contribution is -0.140. The van der Waals surface area contributed by atoms with Crippen molar-refractivity contribution in [3.63, 3.8) is 0 Å². The number of carboxylic acid groups (broad SMARTS) is 1. The Morgan fingerprint density at radius 3 is 1.76 bits per heavy atom. The number of fused-ring (bicyclic) bond motifs is 1. The van der Waals surface area contributed by atoms with Crippen LogP contribution in [0.2, 0.25) is 0 Å². The second kappa shape index (κ2) is 14.6. The quantitative estimate of drug-likeness (QED) is 0.204. The van der Waals surface area contributed by atoms with E-state index in [1.165, 1.54) is 6.07 Å². The minimum absolute atomic E-state index is 0.00132. The SMILES string of the molecule is CCOC(OCC)c1cccc(C2C(=O)c3c(C(=O)O)cccc3N(CC)C2c2cccc(C(OCC)OCC)c2)c1. The minimum Gasteiger partial charge on any atom is -0.478 e. The summed E-state index contributed by atoms with van der Waals surface area (Å²) < 4.78 is 23.5. The number of likely N-dealkylation sites (N-methyl/N-ethyl adjacent to an activating group) is 1. The monoisotopic (exact) mass is 575 g/mol. The maximum absolute atomic E-state index is 14.5. The molecule has 42 heavy (non-hydrogen) atoms. The Morgan fingerprint density at radius 2 is 1.26 bits per heavy atom. The Hall–Kier alpha value is -3.56. The van der Waals surface area contributed by atoms with E-state index in [2.05, 4.69) is 4.90 Å². The summed E-state index contributed by atoms with van der Waals surface area (Å²) in [6.45, 7) is 12.1. The van der Waals surface area contributed by atoms with E-state index in [-0.39, 0.29) is 16.9 Å². The third-order valence-electron chi connectivity index (χ3n) is 7.44. The third-order valence-corrected chi connectivity index (χ3v) is 7.44. The summed E-state index contributed by atoms with van der Waals surface area (Å²) in [7, 11) is 0. The van der Waals surface area contributed by atoms with Gasteiger partial charge in [-0.25, -0.2) is 4.79 Å². The predicted molar refractivity (Wildman–Crippen MR) is 161 cm³/mol. The number of Topliss-reactive ketones (excluding diaryl/α,β-unsaturated/α-hetero) is 1. The van der Waals surface area contributed by atoms with Crippen molar-refractivity contribution in [1.29, 1.82) is 0 Å². The molecule has 1 aliphatic heterocycles. The number of hydrogen-bond acceptors (Lipinski definition) is 7. The highest BCUT2D eigenvalue weighted by Crippen LogP contribution is 2.48. The molecule has 0 aromatic heterocycles. The lowest BCUT2D eigenvalue weighted by Gasteiger charge is -2.43. The van der Waals surface area contributed by atoms with Gasteiger partial charge in [0.05, 0.1) is 23.1 Å². The van der Waals surface area contributed by atoms with Crippen molar-refractivity contribution in [2.24, 2.45) is 0 Å². The summed E-state index contributed by atoms with van der Waals surface area (Å²) in [6.07, 6.45) is -1.12. The molecule has 2 unspecified atom stereocenters. The smallest absolute Gasteiger partial charge is 0.336 e. The fourth-order valence-corrected chi connectivity index (χ4v) is 5.79. The maximum atomic E-state index is 14.5. The number of nitrogens with zero attached hydrogens (tertiary/aromatic N) is 1. The molecule has 1 heterocycles. The van der Waals surface area contributed by atoms with Crippen molar-refractivity contribution in [1.82, 2.24) is 0 Å². The number of hydrogen-bond donors (Lipinski definition) is 1. The fourth-order valence-electron chi connectivity index (χ4n) is 5.79. The van der Waals surface area contributed by atoms with Gasteiger partial charge in [0, 0.05) is 49.8 Å². The Morgan fingerprint density at radius 1 is 0.762 bits per heavy atom. The van der Waals surface area contributed by atoms with E-state index in [4.69, 9.17) is 18.9 Å². The first kappa shape index (κ1) is 31.4. The van der Waals surface area contributed by atoms with E-state index in [0.717, 1.165) is 22.3 Å². The van der Waals surface area contributed by atoms with Gasteiger partial charge in [-0.05, 0) is 70.0 Å². The number of benzene rings is 3. The fraction of sp³-hybridized carbons (Fsp3) is 0.412. The molecule has 8 nitrogen and oxygen atoms in total. The average Bonchev–Trinajstić information content (AvgIpc) is 3.00. The Labute approximate surface area is 248 Å². The van der Waals surface area contributed by atoms with Gasteiger partial charge in [0.1, 0.15) is 0 Å². The van der Waals surface area contributed by atoms with Gasteiger partial charge in [-0.15, -0.1) is 0 Å². The van der Waals surface area contributed by atoms with Gasteiger partial charge >= 0.3 is 5.97 Å². The topological polar surface area (TPSA) is 94.5 Å². The van der Waals surface area contributed by atoms with Crippen LogP contribution in [0.3, 0.4) is 0 Å². The lowest BCUT2D eigenvalue weighted by atomic mass is 9.75. The van der Waals surface area contributed by atoms with Crippen LogP contribution < -0.4 is 4.90 Å². The Bertz CT molecular complexity index is 1360. The maximum Gasteiger partial charge on any atom is 0.336 e. The number of anilines is 1. The second-order valence-electron chi connectivity index (χ2n) is 9.90. The zero-order valence-corrected chi connectivity index (χ0v) is 25.0. The molecule has 224 valence electrons. The van der Waals surface area contributed by atoms with Crippen LogP contribution in [0.15, 0.2) is 66.7 Å². The van der Waals surface area contributed by atoms with Crippen LogP contribution in [0.1, 0.15) is 102 Å². The van der Waals surface area contributed by atoms with E-state index in [1.54, 1.807) is 6.07 Å². The van der Waals surface area contributed by atoms with Crippen LogP contribution in [0.4, 0.5) is 5.69 Å². The summed E-state index contributed by atoms with van der Waals surface area (Å²) in [4.78, 5) is 29.0. The zero-order valence-electron chi connectivity index (χ0n) is 25.0. The van der Waals surface area contributed by atoms with Gasteiger partial charge in [0.15, 0.2) is 18.4 Å². The number of carbonyl (C=O) groups excluding carboxylic acids is 1. The summed E-state index contributed by atoms with van der Waals surface area (Å²) in [5, 5.41) is 10.1. The van der Waals surface area contributed by atoms with Gasteiger partial charge in [-0.3, -0.25) is 4.79 Å². The molecule has 1 aliphatic rings. The molecule has 1 N–H and O–H groups in total. The van der Waals surface area contributed by atoms with Crippen LogP contribution in [0.25, 0.3) is 0 Å². The van der Waals surface area contributed by atoms with Gasteiger partial charge in [0.2, 0.25) is 0 Å². The number of carbonyl (C=O) groups is 2. The van der Waals surface area contributed by atoms with Crippen LogP contribution in [-0.4, -0.2) is 49.8 Å². The predicted octanol–water partition coefficient (Wildman–Crippen LogP) is 7.08. The average molecular weight is 576 g/mol. The number of carboxylic acids is 1. The van der Waals surface area contributed by atoms with Crippen molar-refractivity contribution in [2.45, 2.75) is 59.2 Å². The summed E-state index contributed by atoms with van der Waals surface area (Å²) in [6, 6.07) is 20.2. The highest BCUT2D eigenvalue weighted by molar-refractivity contribution is 6.14. The largest absolute Gasteiger partial charge is 0.478 e. The molecule has 8 heteroatoms. The van der Waals surface area contributed by atoms with Crippen molar-refractivity contribution in [3.8, 4) is 0 Å². The Balaban J connectivity index is 1.94. The van der Waals surface area contributed by atoms with Crippen molar-refractivity contribution >= 4 is 17.4 Å². The summed E-state index contributed by atoms with van der Waals surface area (Å²) in [5.74, 6) is -2.07. The number of aromatic carboxylic acids is 1. The third kappa shape index (κ3) is 6.42. The molecule has 0 bridgehead atoms. The molecular weight excluding hydrogens is 534 g/mol. The van der Waals surface area contributed by atoms with Gasteiger partial charge < -0.3 is 29.0 Å². The van der Waals surface area contributed by atoms with Gasteiger partial charge in [0.25, 0.3) is 0 Å². The number of ether oxygens (including phenoxy) is 4. The minimum atomic E-state index is -1.13. The van der Waals surface area contributed by atoms with Gasteiger partial charge in [-0.1, -0.05) is 42.5 Å². The Kier molecular flexibility index (Phi) is 10.9. The molecule has 0 aliphatic carbocycles. The zero-order chi connectivity index (χ0) is 30.2. The molecule has 0 radical (unpaired) electrons. The number of ketones is 1. The first-order valence-corrected chi connectivity index (χ1v) is 14.7. The lowest BCUT2D eigenvalue weighted by Crippen LogP contribution is -2.42. The van der Waals surface area contributed by atoms with E-state index >= 15 is 0 Å². The molecule has 0 amide bonds. The van der Waals surface area contributed by atoms with E-state index < -0.39 is 30.5 Å². The summed E-state index contributed by atoms with van der Waals surface area (Å²) in [5.41, 5.74) is 4.14. The second-order valence-corrected chi connectivity index (χ2v) is 9.90. The van der Waals surface area contributed by atoms with Crippen LogP contribution in [0, 0.1) is 0 Å². The van der Waals surface area contributed by atoms with Gasteiger partial charge in [-0.2, -0.15) is 0 Å². The summed E-state index contributed by atoms with van der Waals surface area (Å²) >= 11 is 0. The van der Waals surface area contributed by atoms with E-state index in [1.807, 2.05) is 89.2 Å².